The monoisotopic (exact) mass is 348 g/mol. The van der Waals surface area contributed by atoms with E-state index in [1.807, 2.05) is 42.5 Å². The van der Waals surface area contributed by atoms with Gasteiger partial charge in [-0.3, -0.25) is 14.9 Å². The lowest BCUT2D eigenvalue weighted by Crippen LogP contribution is -2.30. The van der Waals surface area contributed by atoms with E-state index in [-0.39, 0.29) is 12.1 Å². The van der Waals surface area contributed by atoms with Gasteiger partial charge in [0.2, 0.25) is 0 Å². The Bertz CT molecular complexity index is 921. The highest BCUT2D eigenvalue weighted by atomic mass is 16.4. The molecule has 0 radical (unpaired) electrons. The molecule has 0 bridgehead atoms. The number of hydrogen-bond donors (Lipinski definition) is 3. The molecule has 0 saturated heterocycles. The zero-order valence-corrected chi connectivity index (χ0v) is 14.2. The molecule has 1 aromatic heterocycles. The molecule has 0 amide bonds. The van der Waals surface area contributed by atoms with E-state index in [1.165, 1.54) is 0 Å². The fourth-order valence-electron chi connectivity index (χ4n) is 2.81. The van der Waals surface area contributed by atoms with Crippen LogP contribution in [-0.4, -0.2) is 16.1 Å². The topological polar surface area (TPSA) is 82.2 Å². The highest BCUT2D eigenvalue weighted by Gasteiger charge is 2.19. The second-order valence-electron chi connectivity index (χ2n) is 6.06. The highest BCUT2D eigenvalue weighted by molar-refractivity contribution is 5.75. The fourth-order valence-corrected chi connectivity index (χ4v) is 2.81. The van der Waals surface area contributed by atoms with Crippen LogP contribution >= 0.6 is 0 Å². The van der Waals surface area contributed by atoms with Crippen molar-refractivity contribution in [2.45, 2.75) is 19.0 Å². The number of pyridine rings is 1. The maximum Gasteiger partial charge on any atom is 0.325 e. The molecule has 1 heterocycles. The highest BCUT2D eigenvalue weighted by Crippen LogP contribution is 2.13. The first kappa shape index (κ1) is 17.6. The molecule has 3 aromatic rings. The Labute approximate surface area is 151 Å². The minimum Gasteiger partial charge on any atom is -0.480 e. The van der Waals surface area contributed by atoms with Crippen molar-refractivity contribution in [3.63, 3.8) is 0 Å². The average molecular weight is 348 g/mol. The number of rotatable bonds is 7. The second-order valence-corrected chi connectivity index (χ2v) is 6.06. The number of nitrogens with one attached hydrogen (secondary N) is 2. The molecule has 3 rings (SSSR count). The van der Waals surface area contributed by atoms with Crippen molar-refractivity contribution in [1.82, 2.24) is 10.3 Å². The summed E-state index contributed by atoms with van der Waals surface area (Å²) in [6, 6.07) is 21.5. The van der Waals surface area contributed by atoms with E-state index in [4.69, 9.17) is 0 Å². The van der Waals surface area contributed by atoms with Gasteiger partial charge in [-0.05, 0) is 17.2 Å². The number of H-pyrrole nitrogens is 1. The molecule has 1 atom stereocenters. The van der Waals surface area contributed by atoms with Crippen LogP contribution < -0.4 is 10.9 Å². The van der Waals surface area contributed by atoms with Crippen LogP contribution in [0.3, 0.4) is 0 Å². The second kappa shape index (κ2) is 8.27. The van der Waals surface area contributed by atoms with E-state index in [0.717, 1.165) is 11.3 Å². The van der Waals surface area contributed by atoms with Crippen molar-refractivity contribution in [3.05, 3.63) is 106 Å². The van der Waals surface area contributed by atoms with Gasteiger partial charge in [0, 0.05) is 24.2 Å². The molecule has 0 aliphatic carbocycles. The molecular weight excluding hydrogens is 328 g/mol. The van der Waals surface area contributed by atoms with Gasteiger partial charge in [-0.15, -0.1) is 0 Å². The molecule has 2 aromatic carbocycles. The van der Waals surface area contributed by atoms with Crippen molar-refractivity contribution in [1.29, 1.82) is 0 Å². The Hall–Kier alpha value is -3.18. The third-order valence-electron chi connectivity index (χ3n) is 4.17. The molecule has 0 saturated carbocycles. The van der Waals surface area contributed by atoms with E-state index in [2.05, 4.69) is 10.3 Å². The van der Waals surface area contributed by atoms with Gasteiger partial charge in [-0.25, -0.2) is 0 Å². The Morgan fingerprint density at radius 3 is 2.23 bits per heavy atom. The normalized spacial score (nSPS) is 11.8. The predicted molar refractivity (Wildman–Crippen MR) is 100.0 cm³/mol. The zero-order valence-electron chi connectivity index (χ0n) is 14.2. The smallest absolute Gasteiger partial charge is 0.325 e. The summed E-state index contributed by atoms with van der Waals surface area (Å²) in [5.74, 6) is -0.978. The third-order valence-corrected chi connectivity index (χ3v) is 4.17. The minimum atomic E-state index is -0.978. The van der Waals surface area contributed by atoms with Gasteiger partial charge in [-0.2, -0.15) is 0 Å². The number of aliphatic carboxylic acids is 1. The number of hydrogen-bond acceptors (Lipinski definition) is 3. The van der Waals surface area contributed by atoms with E-state index in [0.29, 0.717) is 17.5 Å². The summed E-state index contributed by atoms with van der Waals surface area (Å²) >= 11 is 0. The maximum absolute atomic E-state index is 12.3. The van der Waals surface area contributed by atoms with Crippen molar-refractivity contribution in [3.8, 4) is 0 Å². The molecular formula is C21H20N2O3. The lowest BCUT2D eigenvalue weighted by atomic mass is 10.1. The van der Waals surface area contributed by atoms with E-state index in [1.54, 1.807) is 30.3 Å². The van der Waals surface area contributed by atoms with E-state index < -0.39 is 12.0 Å². The molecule has 132 valence electrons. The van der Waals surface area contributed by atoms with Crippen LogP contribution in [0.4, 0.5) is 0 Å². The van der Waals surface area contributed by atoms with Gasteiger partial charge >= 0.3 is 5.97 Å². The largest absolute Gasteiger partial charge is 0.480 e. The summed E-state index contributed by atoms with van der Waals surface area (Å²) in [5.41, 5.74) is 2.89. The summed E-state index contributed by atoms with van der Waals surface area (Å²) in [7, 11) is 0. The first-order valence-corrected chi connectivity index (χ1v) is 8.39. The molecule has 3 N–H and O–H groups in total. The number of aromatic nitrogens is 1. The van der Waals surface area contributed by atoms with Crippen LogP contribution in [0.2, 0.25) is 0 Å². The van der Waals surface area contributed by atoms with Crippen molar-refractivity contribution in [2.24, 2.45) is 0 Å². The fraction of sp³-hybridized carbons (Fsp3) is 0.143. The van der Waals surface area contributed by atoms with Crippen molar-refractivity contribution >= 4 is 5.97 Å². The predicted octanol–water partition coefficient (Wildman–Crippen LogP) is 2.88. The summed E-state index contributed by atoms with van der Waals surface area (Å²) in [6.45, 7) is 0.173. The first-order chi connectivity index (χ1) is 12.6. The van der Waals surface area contributed by atoms with Gasteiger partial charge in [0.25, 0.3) is 5.56 Å². The van der Waals surface area contributed by atoms with Gasteiger partial charge in [0.05, 0.1) is 0 Å². The van der Waals surface area contributed by atoms with Crippen LogP contribution in [-0.2, 0) is 17.8 Å². The summed E-state index contributed by atoms with van der Waals surface area (Å²) in [4.78, 5) is 26.7. The Morgan fingerprint density at radius 2 is 1.62 bits per heavy atom. The standard InChI is InChI=1S/C21H20N2O3/c24-20-17(11-12-18(23-20)13-15-7-3-1-4-8-15)14-22-19(21(25)26)16-9-5-2-6-10-16/h1-12,19,22H,13-14H2,(H,23,24)(H,25,26). The first-order valence-electron chi connectivity index (χ1n) is 8.39. The molecule has 0 aliphatic rings. The number of carboxylic acid groups (broad SMARTS) is 1. The van der Waals surface area contributed by atoms with Crippen LogP contribution in [0.5, 0.6) is 0 Å². The Balaban J connectivity index is 1.70. The number of aromatic amines is 1. The number of carbonyl (C=O) groups is 1. The van der Waals surface area contributed by atoms with Gasteiger partial charge in [0.1, 0.15) is 6.04 Å². The van der Waals surface area contributed by atoms with Gasteiger partial charge in [0.15, 0.2) is 0 Å². The lowest BCUT2D eigenvalue weighted by molar-refractivity contribution is -0.139. The summed E-state index contributed by atoms with van der Waals surface area (Å²) < 4.78 is 0. The van der Waals surface area contributed by atoms with Crippen molar-refractivity contribution < 1.29 is 9.90 Å². The molecule has 0 spiro atoms. The minimum absolute atomic E-state index is 0.173. The molecule has 1 unspecified atom stereocenters. The van der Waals surface area contributed by atoms with E-state index in [9.17, 15) is 14.7 Å². The molecule has 5 heteroatoms. The quantitative estimate of drug-likeness (QED) is 0.613. The SMILES string of the molecule is O=C(O)C(NCc1ccc(Cc2ccccc2)[nH]c1=O)c1ccccc1. The van der Waals surface area contributed by atoms with Crippen molar-refractivity contribution in [2.75, 3.05) is 0 Å². The average Bonchev–Trinajstić information content (AvgIpc) is 2.65. The Kier molecular flexibility index (Phi) is 5.61. The van der Waals surface area contributed by atoms with Crippen LogP contribution in [0.1, 0.15) is 28.4 Å². The van der Waals surface area contributed by atoms with Crippen LogP contribution in [0, 0.1) is 0 Å². The molecule has 0 fully saturated rings. The molecule has 0 aliphatic heterocycles. The lowest BCUT2D eigenvalue weighted by Gasteiger charge is -2.14. The summed E-state index contributed by atoms with van der Waals surface area (Å²) in [6.07, 6.45) is 0.644. The zero-order chi connectivity index (χ0) is 18.4. The van der Waals surface area contributed by atoms with Gasteiger partial charge < -0.3 is 10.1 Å². The third kappa shape index (κ3) is 4.46. The number of carboxylic acids is 1. The maximum atomic E-state index is 12.3. The molecule has 5 nitrogen and oxygen atoms in total. The Morgan fingerprint density at radius 1 is 0.962 bits per heavy atom. The molecule has 26 heavy (non-hydrogen) atoms. The van der Waals surface area contributed by atoms with E-state index >= 15 is 0 Å². The summed E-state index contributed by atoms with van der Waals surface area (Å²) in [5, 5.41) is 12.4. The van der Waals surface area contributed by atoms with Crippen LogP contribution in [0.15, 0.2) is 77.6 Å². The van der Waals surface area contributed by atoms with Crippen LogP contribution in [0.25, 0.3) is 0 Å². The van der Waals surface area contributed by atoms with Gasteiger partial charge in [-0.1, -0.05) is 66.7 Å². The number of benzene rings is 2.